The minimum Gasteiger partial charge on any atom is -0.500 e. The van der Waals surface area contributed by atoms with Crippen molar-refractivity contribution >= 4 is 43.4 Å². The average molecular weight is 486 g/mol. The highest BCUT2D eigenvalue weighted by Gasteiger charge is 2.44. The van der Waals surface area contributed by atoms with Crippen molar-refractivity contribution in [1.82, 2.24) is 0 Å². The molecule has 1 aromatic rings. The summed E-state index contributed by atoms with van der Waals surface area (Å²) in [5.74, 6) is 0.804. The molecule has 3 rings (SSSR count). The van der Waals surface area contributed by atoms with E-state index in [2.05, 4.69) is 31.9 Å². The number of carbonyl (C=O) groups excluding carboxylic acids is 2. The van der Waals surface area contributed by atoms with E-state index in [4.69, 9.17) is 14.2 Å². The fraction of sp³-hybridized carbons (Fsp3) is 0.368. The lowest BCUT2D eigenvalue weighted by Crippen LogP contribution is -2.34. The molecule has 0 saturated heterocycles. The molecule has 0 atom stereocenters. The molecule has 138 valence electrons. The first-order chi connectivity index (χ1) is 12.4. The molecule has 0 heterocycles. The standard InChI is InChI=1S/C19H18Br2O5/c1-24-10-4-11-15(13(5-10)25-2)18(23)16-12(17(11)22)6-19(8-20,9-21)7-14(16)26-3/h4-6H,7-9H2,1-3H3. The lowest BCUT2D eigenvalue weighted by Gasteiger charge is -2.35. The summed E-state index contributed by atoms with van der Waals surface area (Å²) in [6.45, 7) is 0. The van der Waals surface area contributed by atoms with Gasteiger partial charge in [0.15, 0.2) is 5.78 Å². The van der Waals surface area contributed by atoms with Crippen molar-refractivity contribution in [3.63, 3.8) is 0 Å². The van der Waals surface area contributed by atoms with Crippen molar-refractivity contribution in [3.05, 3.63) is 46.2 Å². The maximum absolute atomic E-state index is 13.3. The van der Waals surface area contributed by atoms with Gasteiger partial charge >= 0.3 is 0 Å². The summed E-state index contributed by atoms with van der Waals surface area (Å²) in [6, 6.07) is 3.19. The van der Waals surface area contributed by atoms with Gasteiger partial charge in [-0.2, -0.15) is 0 Å². The number of halogens is 2. The lowest BCUT2D eigenvalue weighted by atomic mass is 9.72. The number of benzene rings is 1. The van der Waals surface area contributed by atoms with Crippen molar-refractivity contribution in [3.8, 4) is 11.5 Å². The molecule has 0 spiro atoms. The zero-order chi connectivity index (χ0) is 19.1. The van der Waals surface area contributed by atoms with Gasteiger partial charge in [-0.15, -0.1) is 0 Å². The van der Waals surface area contributed by atoms with Gasteiger partial charge in [-0.3, -0.25) is 9.59 Å². The zero-order valence-corrected chi connectivity index (χ0v) is 17.8. The number of hydrogen-bond donors (Lipinski definition) is 0. The second kappa shape index (κ2) is 7.19. The van der Waals surface area contributed by atoms with E-state index in [1.165, 1.54) is 21.3 Å². The van der Waals surface area contributed by atoms with Gasteiger partial charge in [0.1, 0.15) is 17.3 Å². The quantitative estimate of drug-likeness (QED) is 0.588. The summed E-state index contributed by atoms with van der Waals surface area (Å²) >= 11 is 7.05. The molecule has 0 saturated carbocycles. The summed E-state index contributed by atoms with van der Waals surface area (Å²) in [7, 11) is 4.49. The van der Waals surface area contributed by atoms with Crippen molar-refractivity contribution in [2.75, 3.05) is 32.0 Å². The topological polar surface area (TPSA) is 61.8 Å². The highest BCUT2D eigenvalue weighted by Crippen LogP contribution is 2.46. The van der Waals surface area contributed by atoms with Crippen LogP contribution in [0.2, 0.25) is 0 Å². The van der Waals surface area contributed by atoms with E-state index < -0.39 is 0 Å². The van der Waals surface area contributed by atoms with Crippen LogP contribution in [-0.4, -0.2) is 43.6 Å². The minimum absolute atomic E-state index is 0.229. The van der Waals surface area contributed by atoms with Gasteiger partial charge < -0.3 is 14.2 Å². The second-order valence-electron chi connectivity index (χ2n) is 6.28. The summed E-state index contributed by atoms with van der Waals surface area (Å²) in [6.07, 6.45) is 2.40. The van der Waals surface area contributed by atoms with Crippen LogP contribution >= 0.6 is 31.9 Å². The third-order valence-electron chi connectivity index (χ3n) is 4.76. The predicted molar refractivity (Wildman–Crippen MR) is 105 cm³/mol. The Morgan fingerprint density at radius 1 is 1.00 bits per heavy atom. The first kappa shape index (κ1) is 19.2. The van der Waals surface area contributed by atoms with Gasteiger partial charge in [0, 0.05) is 39.7 Å². The van der Waals surface area contributed by atoms with Crippen molar-refractivity contribution < 1.29 is 23.8 Å². The second-order valence-corrected chi connectivity index (χ2v) is 7.40. The molecule has 0 amide bonds. The maximum Gasteiger partial charge on any atom is 0.201 e. The first-order valence-corrected chi connectivity index (χ1v) is 10.2. The number of hydrogen-bond acceptors (Lipinski definition) is 5. The van der Waals surface area contributed by atoms with E-state index in [1.54, 1.807) is 12.1 Å². The Kier molecular flexibility index (Phi) is 5.30. The minimum atomic E-state index is -0.347. The molecule has 7 heteroatoms. The van der Waals surface area contributed by atoms with Crippen LogP contribution in [0.5, 0.6) is 11.5 Å². The van der Waals surface area contributed by atoms with Gasteiger partial charge in [-0.25, -0.2) is 0 Å². The van der Waals surface area contributed by atoms with E-state index in [1.807, 2.05) is 6.08 Å². The zero-order valence-electron chi connectivity index (χ0n) is 14.7. The van der Waals surface area contributed by atoms with E-state index in [-0.39, 0.29) is 28.1 Å². The lowest BCUT2D eigenvalue weighted by molar-refractivity contribution is 0.0955. The Morgan fingerprint density at radius 2 is 1.69 bits per heavy atom. The highest BCUT2D eigenvalue weighted by atomic mass is 79.9. The number of ketones is 2. The molecular formula is C19H18Br2O5. The Labute approximate surface area is 168 Å². The van der Waals surface area contributed by atoms with Crippen molar-refractivity contribution in [2.24, 2.45) is 5.41 Å². The SMILES string of the molecule is COC1=C2C(=O)c3c(OC)cc(OC)cc3C(=O)C2=CC(CBr)(CBr)C1. The summed E-state index contributed by atoms with van der Waals surface area (Å²) < 4.78 is 16.1. The number of carbonyl (C=O) groups is 2. The van der Waals surface area contributed by atoms with Crippen LogP contribution in [-0.2, 0) is 4.74 Å². The molecule has 2 aliphatic carbocycles. The predicted octanol–water partition coefficient (Wildman–Crippen LogP) is 4.09. The molecule has 1 aromatic carbocycles. The largest absolute Gasteiger partial charge is 0.500 e. The number of allylic oxidation sites excluding steroid dienone is 4. The van der Waals surface area contributed by atoms with Crippen LogP contribution in [0.1, 0.15) is 27.1 Å². The number of ether oxygens (including phenoxy) is 3. The van der Waals surface area contributed by atoms with Gasteiger partial charge in [-0.1, -0.05) is 37.9 Å². The molecule has 0 unspecified atom stereocenters. The Hall–Kier alpha value is -1.60. The van der Waals surface area contributed by atoms with Crippen molar-refractivity contribution in [2.45, 2.75) is 6.42 Å². The van der Waals surface area contributed by atoms with Crippen LogP contribution in [0.4, 0.5) is 0 Å². The van der Waals surface area contributed by atoms with Crippen LogP contribution in [0.15, 0.2) is 35.1 Å². The molecule has 2 aliphatic rings. The summed E-state index contributed by atoms with van der Waals surface area (Å²) in [4.78, 5) is 26.5. The Bertz CT molecular complexity index is 850. The summed E-state index contributed by atoms with van der Waals surface area (Å²) in [5.41, 5.74) is 0.896. The Balaban J connectivity index is 2.31. The molecule has 0 aliphatic heterocycles. The average Bonchev–Trinajstić information content (AvgIpc) is 2.69. The molecule has 0 bridgehead atoms. The summed E-state index contributed by atoms with van der Waals surface area (Å²) in [5, 5.41) is 1.26. The van der Waals surface area contributed by atoms with E-state index in [0.717, 1.165) is 0 Å². The van der Waals surface area contributed by atoms with Crippen LogP contribution in [0.25, 0.3) is 0 Å². The van der Waals surface area contributed by atoms with Gasteiger partial charge in [0.05, 0.1) is 32.5 Å². The molecular weight excluding hydrogens is 468 g/mol. The number of fused-ring (bicyclic) bond motifs is 2. The van der Waals surface area contributed by atoms with Crippen molar-refractivity contribution in [1.29, 1.82) is 0 Å². The molecule has 0 aromatic heterocycles. The molecule has 5 nitrogen and oxygen atoms in total. The molecule has 0 fully saturated rings. The third kappa shape index (κ3) is 2.81. The van der Waals surface area contributed by atoms with Gasteiger partial charge in [0.25, 0.3) is 0 Å². The number of alkyl halides is 2. The monoisotopic (exact) mass is 484 g/mol. The van der Waals surface area contributed by atoms with Crippen LogP contribution in [0, 0.1) is 5.41 Å². The van der Waals surface area contributed by atoms with Gasteiger partial charge in [0.2, 0.25) is 5.78 Å². The van der Waals surface area contributed by atoms with Crippen LogP contribution < -0.4 is 9.47 Å². The number of Topliss-reactive ketones (excluding diaryl/α,β-unsaturated/α-hetero) is 2. The highest BCUT2D eigenvalue weighted by molar-refractivity contribution is 9.09. The first-order valence-electron chi connectivity index (χ1n) is 7.93. The third-order valence-corrected chi connectivity index (χ3v) is 7.00. The van der Waals surface area contributed by atoms with Gasteiger partial charge in [-0.05, 0) is 6.07 Å². The molecule has 26 heavy (non-hydrogen) atoms. The Morgan fingerprint density at radius 3 is 2.23 bits per heavy atom. The van der Waals surface area contributed by atoms with Crippen LogP contribution in [0.3, 0.4) is 0 Å². The van der Waals surface area contributed by atoms with E-state index >= 15 is 0 Å². The maximum atomic E-state index is 13.3. The molecule has 0 N–H and O–H groups in total. The molecule has 0 radical (unpaired) electrons. The smallest absolute Gasteiger partial charge is 0.201 e. The number of methoxy groups -OCH3 is 3. The fourth-order valence-electron chi connectivity index (χ4n) is 3.35. The van der Waals surface area contributed by atoms with E-state index in [0.29, 0.717) is 45.5 Å². The fourth-order valence-corrected chi connectivity index (χ4v) is 5.00. The van der Waals surface area contributed by atoms with E-state index in [9.17, 15) is 9.59 Å². The number of rotatable bonds is 5. The normalized spacial score (nSPS) is 18.1.